The van der Waals surface area contributed by atoms with Gasteiger partial charge in [0.05, 0.1) is 37.5 Å². The second-order valence-corrected chi connectivity index (χ2v) is 9.57. The first kappa shape index (κ1) is 30.5. The lowest BCUT2D eigenvalue weighted by molar-refractivity contribution is -0.123. The fourth-order valence-corrected chi connectivity index (χ4v) is 4.31. The van der Waals surface area contributed by atoms with Gasteiger partial charge in [0.2, 0.25) is 0 Å². The number of para-hydroxylation sites is 2. The predicted octanol–water partition coefficient (Wildman–Crippen LogP) is 5.56. The molecule has 0 radical (unpaired) electrons. The molecule has 0 saturated carbocycles. The summed E-state index contributed by atoms with van der Waals surface area (Å²) in [5.41, 5.74) is 1.83. The summed E-state index contributed by atoms with van der Waals surface area (Å²) in [6, 6.07) is 16.8. The number of halogens is 3. The molecule has 42 heavy (non-hydrogen) atoms. The molecule has 0 atom stereocenters. The van der Waals surface area contributed by atoms with Gasteiger partial charge in [-0.3, -0.25) is 4.79 Å². The number of hydrogen-bond acceptors (Lipinski definition) is 10. The van der Waals surface area contributed by atoms with E-state index in [9.17, 15) is 23.1 Å². The molecule has 14 heteroatoms. The largest absolute Gasteiger partial charge is 0.497 e. The maximum atomic E-state index is 12.4. The Morgan fingerprint density at radius 2 is 1.67 bits per heavy atom. The number of anilines is 3. The molecule has 4 aromatic rings. The van der Waals surface area contributed by atoms with Crippen molar-refractivity contribution in [3.05, 3.63) is 66.2 Å². The number of aliphatic hydroxyl groups is 1. The number of methoxy groups -OCH3 is 2. The second kappa shape index (κ2) is 14.0. The summed E-state index contributed by atoms with van der Waals surface area (Å²) >= 11 is 1.17. The Labute approximate surface area is 243 Å². The van der Waals surface area contributed by atoms with Crippen molar-refractivity contribution in [3.8, 4) is 17.2 Å². The smallest absolute Gasteiger partial charge is 0.405 e. The topological polar surface area (TPSA) is 127 Å². The van der Waals surface area contributed by atoms with Gasteiger partial charge < -0.3 is 34.7 Å². The van der Waals surface area contributed by atoms with Gasteiger partial charge in [-0.25, -0.2) is 9.97 Å². The van der Waals surface area contributed by atoms with E-state index < -0.39 is 18.6 Å². The maximum absolute atomic E-state index is 12.4. The molecule has 0 aliphatic carbocycles. The van der Waals surface area contributed by atoms with Crippen molar-refractivity contribution in [1.82, 2.24) is 15.3 Å². The molecule has 1 heterocycles. The van der Waals surface area contributed by atoms with Crippen LogP contribution in [0.5, 0.6) is 17.2 Å². The maximum Gasteiger partial charge on any atom is 0.405 e. The first-order valence-corrected chi connectivity index (χ1v) is 13.4. The van der Waals surface area contributed by atoms with Crippen LogP contribution in [0.4, 0.5) is 30.5 Å². The van der Waals surface area contributed by atoms with Crippen LogP contribution < -0.4 is 29.6 Å². The van der Waals surface area contributed by atoms with Gasteiger partial charge in [0.1, 0.15) is 12.3 Å². The average molecular weight is 604 g/mol. The number of carbonyl (C=O) groups is 1. The van der Waals surface area contributed by atoms with Gasteiger partial charge >= 0.3 is 6.18 Å². The zero-order valence-electron chi connectivity index (χ0n) is 22.6. The Balaban J connectivity index is 1.60. The molecular weight excluding hydrogens is 575 g/mol. The number of amides is 1. The van der Waals surface area contributed by atoms with Gasteiger partial charge in [-0.2, -0.15) is 13.2 Å². The number of hydrogen-bond donors (Lipinski definition) is 4. The number of alkyl halides is 3. The van der Waals surface area contributed by atoms with Crippen LogP contribution in [0.3, 0.4) is 0 Å². The number of carbonyl (C=O) groups excluding carboxylic acids is 1. The summed E-state index contributed by atoms with van der Waals surface area (Å²) in [5.74, 6) is 1.20. The molecule has 222 valence electrons. The SMILES string of the molecule is COc1cc(Nc2nc3ccccc3nc2NSc2ccc(C(=O)NCC(F)(F)F)cc2)c(OCCCO)c(OC)c1. The quantitative estimate of drug-likeness (QED) is 0.114. The molecule has 3 aromatic carbocycles. The van der Waals surface area contributed by atoms with Crippen molar-refractivity contribution in [2.45, 2.75) is 17.5 Å². The fraction of sp³-hybridized carbons (Fsp3) is 0.250. The highest BCUT2D eigenvalue weighted by atomic mass is 32.2. The Morgan fingerprint density at radius 3 is 2.29 bits per heavy atom. The van der Waals surface area contributed by atoms with Crippen LogP contribution >= 0.6 is 11.9 Å². The van der Waals surface area contributed by atoms with Gasteiger partial charge in [-0.05, 0) is 48.3 Å². The van der Waals surface area contributed by atoms with E-state index in [0.717, 1.165) is 0 Å². The van der Waals surface area contributed by atoms with E-state index in [0.29, 0.717) is 56.9 Å². The molecule has 4 N–H and O–H groups in total. The number of aliphatic hydroxyl groups excluding tert-OH is 1. The summed E-state index contributed by atoms with van der Waals surface area (Å²) in [6.45, 7) is -1.21. The lowest BCUT2D eigenvalue weighted by atomic mass is 10.2. The number of nitrogens with zero attached hydrogens (tertiary/aromatic N) is 2. The molecule has 1 aromatic heterocycles. The third kappa shape index (κ3) is 8.07. The molecule has 1 amide bonds. The second-order valence-electron chi connectivity index (χ2n) is 8.69. The van der Waals surface area contributed by atoms with Crippen LogP contribution in [-0.2, 0) is 0 Å². The van der Waals surface area contributed by atoms with Gasteiger partial charge in [-0.1, -0.05) is 12.1 Å². The van der Waals surface area contributed by atoms with Crippen LogP contribution in [0.25, 0.3) is 11.0 Å². The van der Waals surface area contributed by atoms with Gasteiger partial charge in [0.25, 0.3) is 5.91 Å². The average Bonchev–Trinajstić information content (AvgIpc) is 2.99. The highest BCUT2D eigenvalue weighted by Gasteiger charge is 2.28. The van der Waals surface area contributed by atoms with E-state index >= 15 is 0 Å². The standard InChI is InChI=1S/C28H28F3N5O5S/c1-39-18-14-22(24(23(15-18)40-2)41-13-5-12-37)35-25-26(34-21-7-4-3-6-20(21)33-25)36-42-19-10-8-17(9-11-19)27(38)32-16-28(29,30)31/h3-4,6-11,14-15,37H,5,12-13,16H2,1-2H3,(H,32,38)(H,33,35)(H,34,36). The van der Waals surface area contributed by atoms with Gasteiger partial charge in [-0.15, -0.1) is 0 Å². The van der Waals surface area contributed by atoms with Crippen molar-refractivity contribution in [3.63, 3.8) is 0 Å². The number of nitrogens with one attached hydrogen (secondary N) is 3. The molecule has 0 bridgehead atoms. The molecule has 0 spiro atoms. The van der Waals surface area contributed by atoms with Crippen molar-refractivity contribution < 1.29 is 37.3 Å². The minimum atomic E-state index is -4.50. The van der Waals surface area contributed by atoms with E-state index in [-0.39, 0.29) is 18.8 Å². The van der Waals surface area contributed by atoms with Crippen molar-refractivity contribution in [2.75, 3.05) is 44.0 Å². The zero-order valence-corrected chi connectivity index (χ0v) is 23.4. The first-order valence-electron chi connectivity index (χ1n) is 12.6. The summed E-state index contributed by atoms with van der Waals surface area (Å²) < 4.78 is 57.3. The summed E-state index contributed by atoms with van der Waals surface area (Å²) in [4.78, 5) is 22.1. The van der Waals surface area contributed by atoms with Crippen molar-refractivity contribution in [1.29, 1.82) is 0 Å². The molecule has 0 saturated heterocycles. The molecule has 0 unspecified atom stereocenters. The Hall–Kier alpha value is -4.43. The third-order valence-electron chi connectivity index (χ3n) is 5.69. The van der Waals surface area contributed by atoms with Crippen molar-refractivity contribution >= 4 is 46.2 Å². The number of aromatic nitrogens is 2. The lowest BCUT2D eigenvalue weighted by Crippen LogP contribution is -2.33. The lowest BCUT2D eigenvalue weighted by Gasteiger charge is -2.19. The van der Waals surface area contributed by atoms with Crippen molar-refractivity contribution in [2.24, 2.45) is 0 Å². The predicted molar refractivity (Wildman–Crippen MR) is 154 cm³/mol. The number of benzene rings is 3. The molecule has 10 nitrogen and oxygen atoms in total. The minimum Gasteiger partial charge on any atom is -0.497 e. The van der Waals surface area contributed by atoms with Gasteiger partial charge in [0, 0.05) is 35.6 Å². The number of ether oxygens (including phenoxy) is 3. The Bertz CT molecular complexity index is 1520. The monoisotopic (exact) mass is 603 g/mol. The van der Waals surface area contributed by atoms with E-state index in [1.165, 1.54) is 38.3 Å². The van der Waals surface area contributed by atoms with Crippen LogP contribution in [0.15, 0.2) is 65.6 Å². The highest BCUT2D eigenvalue weighted by molar-refractivity contribution is 8.00. The molecular formula is C28H28F3N5O5S. The van der Waals surface area contributed by atoms with Crippen LogP contribution in [0.2, 0.25) is 0 Å². The Morgan fingerprint density at radius 1 is 0.976 bits per heavy atom. The van der Waals surface area contributed by atoms with Crippen LogP contribution in [0, 0.1) is 0 Å². The Kier molecular flexibility index (Phi) is 10.1. The summed E-state index contributed by atoms with van der Waals surface area (Å²) in [7, 11) is 3.03. The molecule has 0 fully saturated rings. The van der Waals surface area contributed by atoms with E-state index in [4.69, 9.17) is 24.2 Å². The van der Waals surface area contributed by atoms with Gasteiger partial charge in [0.15, 0.2) is 23.1 Å². The van der Waals surface area contributed by atoms with E-state index in [2.05, 4.69) is 10.0 Å². The number of rotatable bonds is 13. The third-order valence-corrected chi connectivity index (χ3v) is 6.49. The molecule has 0 aliphatic heterocycles. The van der Waals surface area contributed by atoms with E-state index in [1.54, 1.807) is 24.3 Å². The fourth-order valence-electron chi connectivity index (χ4n) is 3.68. The number of fused-ring (bicyclic) bond motifs is 1. The van der Waals surface area contributed by atoms with Crippen LogP contribution in [0.1, 0.15) is 16.8 Å². The van der Waals surface area contributed by atoms with Crippen LogP contribution in [-0.4, -0.2) is 61.1 Å². The summed E-state index contributed by atoms with van der Waals surface area (Å²) in [6.07, 6.45) is -4.08. The minimum absolute atomic E-state index is 0.0398. The normalized spacial score (nSPS) is 11.2. The first-order chi connectivity index (χ1) is 20.2. The molecule has 4 rings (SSSR count). The zero-order chi connectivity index (χ0) is 30.1. The highest BCUT2D eigenvalue weighted by Crippen LogP contribution is 2.42. The molecule has 0 aliphatic rings. The summed E-state index contributed by atoms with van der Waals surface area (Å²) in [5, 5.41) is 14.3. The van der Waals surface area contributed by atoms with E-state index in [1.807, 2.05) is 29.6 Å².